The van der Waals surface area contributed by atoms with Gasteiger partial charge in [0.15, 0.2) is 11.6 Å². The Hall–Kier alpha value is -1.37. The molecule has 0 aliphatic heterocycles. The van der Waals surface area contributed by atoms with Gasteiger partial charge in [0.05, 0.1) is 12.5 Å². The first kappa shape index (κ1) is 59.6. The predicted octanol–water partition coefficient (Wildman–Crippen LogP) is 15.8. The van der Waals surface area contributed by atoms with Crippen molar-refractivity contribution >= 4 is 17.3 Å². The number of rotatable bonds is 50. The van der Waals surface area contributed by atoms with Gasteiger partial charge in [-0.15, -0.1) is 0 Å². The molecule has 0 aromatic heterocycles. The average molecular weight is 861 g/mol. The van der Waals surface area contributed by atoms with Crippen molar-refractivity contribution in [3.05, 3.63) is 12.2 Å². The molecule has 0 saturated carbocycles. The van der Waals surface area contributed by atoms with Gasteiger partial charge < -0.3 is 15.3 Å². The lowest BCUT2D eigenvalue weighted by molar-refractivity contribution is -0.170. The minimum atomic E-state index is -2.76. The standard InChI is InChI=1S/C55H104O6/c1-4-7-10-13-16-19-22-25-27-30-32-35-38-41-44-47-51(57)50(46-43-40-37-34-31-29-26-23-20-17-14-11-8-5-2)54(60)55(61,53(59)49-56)52(58)48-45-42-39-36-33-28-24-21-18-15-12-9-6-3/h25,27,50,53,56,59,61H,4-24,26,28-49H2,1-3H3. The Morgan fingerprint density at radius 1 is 0.426 bits per heavy atom. The summed E-state index contributed by atoms with van der Waals surface area (Å²) in [6, 6.07) is 0. The summed E-state index contributed by atoms with van der Waals surface area (Å²) in [5.74, 6) is -3.05. The molecule has 0 fully saturated rings. The largest absolute Gasteiger partial charge is 0.394 e. The fourth-order valence-corrected chi connectivity index (χ4v) is 8.90. The van der Waals surface area contributed by atoms with Crippen LogP contribution in [0.3, 0.4) is 0 Å². The second-order valence-electron chi connectivity index (χ2n) is 19.0. The molecule has 0 radical (unpaired) electrons. The van der Waals surface area contributed by atoms with Crippen molar-refractivity contribution in [2.75, 3.05) is 6.61 Å². The van der Waals surface area contributed by atoms with Crippen molar-refractivity contribution < 1.29 is 29.7 Å². The van der Waals surface area contributed by atoms with Crippen molar-refractivity contribution in [2.24, 2.45) is 5.92 Å². The molecule has 0 aromatic rings. The second kappa shape index (κ2) is 45.2. The van der Waals surface area contributed by atoms with E-state index in [0.717, 1.165) is 70.6 Å². The van der Waals surface area contributed by atoms with E-state index in [1.165, 1.54) is 167 Å². The highest BCUT2D eigenvalue weighted by Crippen LogP contribution is 2.28. The van der Waals surface area contributed by atoms with E-state index in [0.29, 0.717) is 19.3 Å². The van der Waals surface area contributed by atoms with E-state index in [1.807, 2.05) is 0 Å². The van der Waals surface area contributed by atoms with Gasteiger partial charge in [-0.1, -0.05) is 251 Å². The zero-order valence-electron chi connectivity index (χ0n) is 41.0. The van der Waals surface area contributed by atoms with Crippen LogP contribution >= 0.6 is 0 Å². The van der Waals surface area contributed by atoms with Crippen molar-refractivity contribution in [3.8, 4) is 0 Å². The normalized spacial score (nSPS) is 13.8. The van der Waals surface area contributed by atoms with Crippen molar-refractivity contribution in [1.29, 1.82) is 0 Å². The molecule has 3 atom stereocenters. The van der Waals surface area contributed by atoms with Crippen molar-refractivity contribution in [2.45, 2.75) is 309 Å². The molecule has 0 aliphatic rings. The summed E-state index contributed by atoms with van der Waals surface area (Å²) in [5, 5.41) is 32.4. The minimum absolute atomic E-state index is 0.0505. The van der Waals surface area contributed by atoms with E-state index in [1.54, 1.807) is 0 Å². The molecule has 6 heteroatoms. The van der Waals surface area contributed by atoms with Gasteiger partial charge in [-0.2, -0.15) is 0 Å². The Labute approximate surface area is 379 Å². The molecule has 0 rings (SSSR count). The highest BCUT2D eigenvalue weighted by molar-refractivity contribution is 6.17. The molecule has 0 aromatic carbocycles. The van der Waals surface area contributed by atoms with Crippen LogP contribution in [0.25, 0.3) is 0 Å². The third-order valence-corrected chi connectivity index (χ3v) is 13.2. The maximum Gasteiger partial charge on any atom is 0.210 e. The van der Waals surface area contributed by atoms with E-state index < -0.39 is 35.8 Å². The molecule has 0 spiro atoms. The van der Waals surface area contributed by atoms with Crippen LogP contribution in [-0.2, 0) is 14.4 Å². The SMILES string of the molecule is CCCCCCCCC=CCCCCCCCC(=O)C(CCCCCCCCCCCCCCCC)C(=O)C(O)(C(=O)CCCCCCCCCCCCCCC)C(O)CO. The van der Waals surface area contributed by atoms with Gasteiger partial charge in [0.1, 0.15) is 11.9 Å². The lowest BCUT2D eigenvalue weighted by Gasteiger charge is -2.32. The highest BCUT2D eigenvalue weighted by Gasteiger charge is 2.52. The molecule has 61 heavy (non-hydrogen) atoms. The Balaban J connectivity index is 4.99. The zero-order valence-corrected chi connectivity index (χ0v) is 41.0. The average Bonchev–Trinajstić information content (AvgIpc) is 3.26. The van der Waals surface area contributed by atoms with Crippen LogP contribution in [0.4, 0.5) is 0 Å². The van der Waals surface area contributed by atoms with Crippen LogP contribution in [-0.4, -0.2) is 51.0 Å². The van der Waals surface area contributed by atoms with Crippen molar-refractivity contribution in [3.63, 3.8) is 0 Å². The number of ketones is 3. The van der Waals surface area contributed by atoms with Gasteiger partial charge in [-0.3, -0.25) is 14.4 Å². The van der Waals surface area contributed by atoms with E-state index in [-0.39, 0.29) is 25.0 Å². The lowest BCUT2D eigenvalue weighted by Crippen LogP contribution is -2.60. The van der Waals surface area contributed by atoms with Crippen LogP contribution in [0.15, 0.2) is 12.2 Å². The van der Waals surface area contributed by atoms with Gasteiger partial charge in [-0.25, -0.2) is 0 Å². The van der Waals surface area contributed by atoms with Crippen LogP contribution in [0, 0.1) is 5.92 Å². The quantitative estimate of drug-likeness (QED) is 0.0319. The van der Waals surface area contributed by atoms with Crippen LogP contribution in [0.5, 0.6) is 0 Å². The maximum absolute atomic E-state index is 14.1. The fraction of sp³-hybridized carbons (Fsp3) is 0.909. The molecule has 3 unspecified atom stereocenters. The van der Waals surface area contributed by atoms with Gasteiger partial charge in [-0.05, 0) is 44.9 Å². The number of carbonyl (C=O) groups excluding carboxylic acids is 3. The summed E-state index contributed by atoms with van der Waals surface area (Å²) in [6.07, 6.45) is 50.0. The molecule has 0 bridgehead atoms. The fourth-order valence-electron chi connectivity index (χ4n) is 8.90. The molecule has 6 nitrogen and oxygen atoms in total. The molecule has 3 N–H and O–H groups in total. The number of aliphatic hydroxyl groups excluding tert-OH is 2. The Morgan fingerprint density at radius 3 is 1.07 bits per heavy atom. The third-order valence-electron chi connectivity index (χ3n) is 13.2. The van der Waals surface area contributed by atoms with E-state index >= 15 is 0 Å². The summed E-state index contributed by atoms with van der Waals surface area (Å²) in [7, 11) is 0. The molecule has 0 aliphatic carbocycles. The number of carbonyl (C=O) groups is 3. The highest BCUT2D eigenvalue weighted by atomic mass is 16.4. The van der Waals surface area contributed by atoms with E-state index in [9.17, 15) is 29.7 Å². The van der Waals surface area contributed by atoms with Crippen LogP contribution in [0.2, 0.25) is 0 Å². The van der Waals surface area contributed by atoms with Crippen molar-refractivity contribution in [1.82, 2.24) is 0 Å². The molecule has 0 amide bonds. The van der Waals surface area contributed by atoms with Gasteiger partial charge >= 0.3 is 0 Å². The minimum Gasteiger partial charge on any atom is -0.394 e. The third kappa shape index (κ3) is 33.8. The summed E-state index contributed by atoms with van der Waals surface area (Å²) >= 11 is 0. The Bertz CT molecular complexity index is 1010. The number of hydrogen-bond acceptors (Lipinski definition) is 6. The van der Waals surface area contributed by atoms with Gasteiger partial charge in [0.2, 0.25) is 5.60 Å². The van der Waals surface area contributed by atoms with Gasteiger partial charge in [0, 0.05) is 12.8 Å². The molecular formula is C55H104O6. The molecule has 360 valence electrons. The number of hydrogen-bond donors (Lipinski definition) is 3. The summed E-state index contributed by atoms with van der Waals surface area (Å²) in [6.45, 7) is 5.84. The zero-order chi connectivity index (χ0) is 44.9. The van der Waals surface area contributed by atoms with Crippen LogP contribution < -0.4 is 0 Å². The molecule has 0 heterocycles. The summed E-state index contributed by atoms with van der Waals surface area (Å²) in [4.78, 5) is 41.5. The van der Waals surface area contributed by atoms with E-state index in [2.05, 4.69) is 32.9 Å². The summed E-state index contributed by atoms with van der Waals surface area (Å²) in [5.41, 5.74) is -2.76. The monoisotopic (exact) mass is 861 g/mol. The lowest BCUT2D eigenvalue weighted by atomic mass is 9.76. The maximum atomic E-state index is 14.1. The summed E-state index contributed by atoms with van der Waals surface area (Å²) < 4.78 is 0. The number of Topliss-reactive ketones (excluding diaryl/α,β-unsaturated/α-hetero) is 3. The molecule has 0 saturated heterocycles. The number of aliphatic hydroxyl groups is 3. The first-order valence-corrected chi connectivity index (χ1v) is 27.1. The van der Waals surface area contributed by atoms with Crippen LogP contribution in [0.1, 0.15) is 297 Å². The first-order valence-electron chi connectivity index (χ1n) is 27.1. The second-order valence-corrected chi connectivity index (χ2v) is 19.0. The first-order chi connectivity index (χ1) is 29.8. The number of allylic oxidation sites excluding steroid dienone is 2. The number of unbranched alkanes of at least 4 members (excludes halogenated alkanes) is 36. The molecular weight excluding hydrogens is 757 g/mol. The smallest absolute Gasteiger partial charge is 0.210 e. The van der Waals surface area contributed by atoms with E-state index in [4.69, 9.17) is 0 Å². The Morgan fingerprint density at radius 2 is 0.721 bits per heavy atom. The van der Waals surface area contributed by atoms with Gasteiger partial charge in [0.25, 0.3) is 0 Å². The topological polar surface area (TPSA) is 112 Å². The predicted molar refractivity (Wildman–Crippen MR) is 261 cm³/mol. The Kier molecular flexibility index (Phi) is 44.2.